The highest BCUT2D eigenvalue weighted by molar-refractivity contribution is 14.0. The van der Waals surface area contributed by atoms with Gasteiger partial charge in [-0.3, -0.25) is 9.89 Å². The second kappa shape index (κ2) is 12.8. The smallest absolute Gasteiger partial charge is 0.191 e. The maximum absolute atomic E-state index is 5.43. The molecule has 0 saturated carbocycles. The van der Waals surface area contributed by atoms with Crippen molar-refractivity contribution < 1.29 is 4.74 Å². The van der Waals surface area contributed by atoms with E-state index in [2.05, 4.69) is 82.0 Å². The van der Waals surface area contributed by atoms with Crippen molar-refractivity contribution in [3.05, 3.63) is 71.3 Å². The number of morpholine rings is 1. The Morgan fingerprint density at radius 1 is 1.03 bits per heavy atom. The van der Waals surface area contributed by atoms with Crippen LogP contribution in [0.15, 0.2) is 59.6 Å². The average Bonchev–Trinajstić information content (AvgIpc) is 2.75. The number of rotatable bonds is 7. The van der Waals surface area contributed by atoms with Crippen molar-refractivity contribution in [2.75, 3.05) is 39.9 Å². The van der Waals surface area contributed by atoms with E-state index in [9.17, 15) is 0 Å². The summed E-state index contributed by atoms with van der Waals surface area (Å²) in [7, 11) is 1.82. The number of benzene rings is 2. The predicted molar refractivity (Wildman–Crippen MR) is 131 cm³/mol. The molecule has 1 saturated heterocycles. The number of nitrogens with one attached hydrogen (secondary N) is 2. The van der Waals surface area contributed by atoms with Gasteiger partial charge in [-0.1, -0.05) is 61.5 Å². The minimum Gasteiger partial charge on any atom is -0.379 e. The number of guanidine groups is 1. The summed E-state index contributed by atoms with van der Waals surface area (Å²) in [5.74, 6) is 1.26. The zero-order valence-electron chi connectivity index (χ0n) is 17.4. The van der Waals surface area contributed by atoms with E-state index in [4.69, 9.17) is 4.74 Å². The lowest BCUT2D eigenvalue weighted by atomic mass is 10.0. The highest BCUT2D eigenvalue weighted by Gasteiger charge is 2.11. The van der Waals surface area contributed by atoms with Gasteiger partial charge in [-0.15, -0.1) is 24.0 Å². The standard InChI is InChI=1S/C23H32N4O.HI/c1-19(22-9-4-3-5-10-22)16-25-23(24-2)26-17-20-7-6-8-21(15-20)18-27-11-13-28-14-12-27;/h3-10,15,19H,11-14,16-18H2,1-2H3,(H2,24,25,26);1H. The third kappa shape index (κ3) is 7.95. The normalized spacial score (nSPS) is 16.0. The fourth-order valence-corrected chi connectivity index (χ4v) is 3.41. The van der Waals surface area contributed by atoms with E-state index in [-0.39, 0.29) is 24.0 Å². The van der Waals surface area contributed by atoms with Gasteiger partial charge in [0.05, 0.1) is 13.2 Å². The molecule has 1 atom stereocenters. The summed E-state index contributed by atoms with van der Waals surface area (Å²) in [5.41, 5.74) is 3.95. The van der Waals surface area contributed by atoms with Crippen LogP contribution in [0.1, 0.15) is 29.5 Å². The van der Waals surface area contributed by atoms with Gasteiger partial charge in [0, 0.05) is 39.8 Å². The first kappa shape index (κ1) is 23.6. The molecule has 6 heteroatoms. The molecule has 1 aliphatic heterocycles. The second-order valence-electron chi connectivity index (χ2n) is 7.33. The van der Waals surface area contributed by atoms with Crippen LogP contribution in [0.4, 0.5) is 0 Å². The van der Waals surface area contributed by atoms with Crippen LogP contribution < -0.4 is 10.6 Å². The Hall–Kier alpha value is -1.64. The van der Waals surface area contributed by atoms with Gasteiger partial charge in [0.15, 0.2) is 5.96 Å². The summed E-state index contributed by atoms with van der Waals surface area (Å²) in [5, 5.41) is 6.86. The molecule has 0 aliphatic carbocycles. The molecule has 158 valence electrons. The van der Waals surface area contributed by atoms with Gasteiger partial charge < -0.3 is 15.4 Å². The summed E-state index contributed by atoms with van der Waals surface area (Å²) in [6.07, 6.45) is 0. The van der Waals surface area contributed by atoms with E-state index in [0.29, 0.717) is 5.92 Å². The number of halogens is 1. The van der Waals surface area contributed by atoms with Crippen LogP contribution in [0, 0.1) is 0 Å². The molecule has 0 amide bonds. The number of hydrogen-bond acceptors (Lipinski definition) is 3. The summed E-state index contributed by atoms with van der Waals surface area (Å²) in [4.78, 5) is 6.80. The van der Waals surface area contributed by atoms with Gasteiger partial charge in [0.2, 0.25) is 0 Å². The van der Waals surface area contributed by atoms with Crippen molar-refractivity contribution in [3.63, 3.8) is 0 Å². The topological polar surface area (TPSA) is 48.9 Å². The SMILES string of the molecule is CN=C(NCc1cccc(CN2CCOCC2)c1)NCC(C)c1ccccc1.I. The molecule has 2 N–H and O–H groups in total. The van der Waals surface area contributed by atoms with Gasteiger partial charge in [-0.05, 0) is 22.6 Å². The summed E-state index contributed by atoms with van der Waals surface area (Å²) >= 11 is 0. The summed E-state index contributed by atoms with van der Waals surface area (Å²) < 4.78 is 5.43. The molecule has 1 fully saturated rings. The van der Waals surface area contributed by atoms with E-state index in [1.54, 1.807) is 0 Å². The Balaban J connectivity index is 0.00000300. The molecule has 2 aromatic rings. The second-order valence-corrected chi connectivity index (χ2v) is 7.33. The van der Waals surface area contributed by atoms with Crippen molar-refractivity contribution in [3.8, 4) is 0 Å². The molecule has 2 aromatic carbocycles. The molecule has 1 unspecified atom stereocenters. The van der Waals surface area contributed by atoms with Gasteiger partial charge in [-0.25, -0.2) is 0 Å². The maximum Gasteiger partial charge on any atom is 0.191 e. The van der Waals surface area contributed by atoms with Crippen molar-refractivity contribution in [2.24, 2.45) is 4.99 Å². The van der Waals surface area contributed by atoms with Crippen LogP contribution in [-0.4, -0.2) is 50.8 Å². The lowest BCUT2D eigenvalue weighted by Crippen LogP contribution is -2.38. The number of ether oxygens (including phenoxy) is 1. The molecule has 0 radical (unpaired) electrons. The summed E-state index contributed by atoms with van der Waals surface area (Å²) in [6, 6.07) is 19.3. The van der Waals surface area contributed by atoms with Crippen LogP contribution in [0.3, 0.4) is 0 Å². The zero-order valence-corrected chi connectivity index (χ0v) is 19.8. The van der Waals surface area contributed by atoms with E-state index >= 15 is 0 Å². The summed E-state index contributed by atoms with van der Waals surface area (Å²) in [6.45, 7) is 8.52. The Morgan fingerprint density at radius 3 is 2.48 bits per heavy atom. The van der Waals surface area contributed by atoms with Crippen molar-refractivity contribution in [1.82, 2.24) is 15.5 Å². The van der Waals surface area contributed by atoms with Crippen LogP contribution >= 0.6 is 24.0 Å². The molecule has 0 bridgehead atoms. The van der Waals surface area contributed by atoms with Crippen LogP contribution in [0.5, 0.6) is 0 Å². The Labute approximate surface area is 192 Å². The van der Waals surface area contributed by atoms with Crippen molar-refractivity contribution in [1.29, 1.82) is 0 Å². The zero-order chi connectivity index (χ0) is 19.6. The Kier molecular flexibility index (Phi) is 10.5. The van der Waals surface area contributed by atoms with E-state index < -0.39 is 0 Å². The third-order valence-corrected chi connectivity index (χ3v) is 5.13. The first-order valence-corrected chi connectivity index (χ1v) is 10.1. The molecule has 1 aliphatic rings. The van der Waals surface area contributed by atoms with Gasteiger partial charge in [-0.2, -0.15) is 0 Å². The maximum atomic E-state index is 5.43. The Bertz CT molecular complexity index is 748. The quantitative estimate of drug-likeness (QED) is 0.341. The lowest BCUT2D eigenvalue weighted by molar-refractivity contribution is 0.0342. The molecule has 0 aromatic heterocycles. The molecular weight excluding hydrogens is 475 g/mol. The monoisotopic (exact) mass is 508 g/mol. The average molecular weight is 508 g/mol. The van der Waals surface area contributed by atoms with Crippen molar-refractivity contribution >= 4 is 29.9 Å². The van der Waals surface area contributed by atoms with Crippen LogP contribution in [0.25, 0.3) is 0 Å². The van der Waals surface area contributed by atoms with E-state index in [1.165, 1.54) is 16.7 Å². The lowest BCUT2D eigenvalue weighted by Gasteiger charge is -2.26. The molecule has 3 rings (SSSR count). The number of nitrogens with zero attached hydrogens (tertiary/aromatic N) is 2. The first-order chi connectivity index (χ1) is 13.7. The number of aliphatic imine (C=N–C) groups is 1. The van der Waals surface area contributed by atoms with Crippen LogP contribution in [-0.2, 0) is 17.8 Å². The molecule has 29 heavy (non-hydrogen) atoms. The highest BCUT2D eigenvalue weighted by Crippen LogP contribution is 2.13. The van der Waals surface area contributed by atoms with Gasteiger partial charge in [0.1, 0.15) is 0 Å². The van der Waals surface area contributed by atoms with Crippen molar-refractivity contribution in [2.45, 2.75) is 25.9 Å². The third-order valence-electron chi connectivity index (χ3n) is 5.13. The predicted octanol–water partition coefficient (Wildman–Crippen LogP) is 3.61. The molecule has 0 spiro atoms. The first-order valence-electron chi connectivity index (χ1n) is 10.1. The minimum absolute atomic E-state index is 0. The van der Waals surface area contributed by atoms with Gasteiger partial charge >= 0.3 is 0 Å². The van der Waals surface area contributed by atoms with Gasteiger partial charge in [0.25, 0.3) is 0 Å². The molecular formula is C23H33IN4O. The minimum atomic E-state index is 0. The van der Waals surface area contributed by atoms with E-state index in [1.807, 2.05) is 7.05 Å². The molecule has 5 nitrogen and oxygen atoms in total. The fraction of sp³-hybridized carbons (Fsp3) is 0.435. The number of hydrogen-bond donors (Lipinski definition) is 2. The molecule has 1 heterocycles. The Morgan fingerprint density at radius 2 is 1.76 bits per heavy atom. The highest BCUT2D eigenvalue weighted by atomic mass is 127. The van der Waals surface area contributed by atoms with Crippen LogP contribution in [0.2, 0.25) is 0 Å². The van der Waals surface area contributed by atoms with E-state index in [0.717, 1.165) is 51.9 Å². The fourth-order valence-electron chi connectivity index (χ4n) is 3.41. The largest absolute Gasteiger partial charge is 0.379 e.